The molecule has 0 amide bonds. The maximum Gasteiger partial charge on any atom is 0.153 e. The molecule has 0 fully saturated rings. The summed E-state index contributed by atoms with van der Waals surface area (Å²) >= 11 is 11.9. The molecule has 0 aliphatic heterocycles. The molecule has 1 aromatic heterocycles. The molecule has 0 saturated heterocycles. The van der Waals surface area contributed by atoms with Crippen molar-refractivity contribution < 1.29 is 9.66 Å². The smallest absolute Gasteiger partial charge is 0.153 e. The highest BCUT2D eigenvalue weighted by molar-refractivity contribution is 7.90. The highest BCUT2D eigenvalue weighted by Gasteiger charge is 2.25. The standard InChI is InChI=1S/C26H24Cl2N2O2S/c1-16-12-18(14-20(13-16)33(4)32)17-8-10-19(11-9-17)30-15-23(26(2,3)31)29-25(30)24-21(27)6-5-7-22(24)28/h5-15,31H,1-4H3. The van der Waals surface area contributed by atoms with Gasteiger partial charge in [-0.2, -0.15) is 0 Å². The number of halogens is 2. The normalized spacial score (nSPS) is 12.7. The Morgan fingerprint density at radius 1 is 0.970 bits per heavy atom. The van der Waals surface area contributed by atoms with Gasteiger partial charge in [-0.3, -0.25) is 4.57 Å². The number of imidazole rings is 1. The molecule has 0 bridgehead atoms. The van der Waals surface area contributed by atoms with Crippen molar-refractivity contribution in [2.45, 2.75) is 31.3 Å². The van der Waals surface area contributed by atoms with Gasteiger partial charge in [0.25, 0.3) is 0 Å². The first kappa shape index (κ1) is 23.9. The molecule has 7 heteroatoms. The predicted octanol–water partition coefficient (Wildman–Crippen LogP) is 6.79. The van der Waals surface area contributed by atoms with Gasteiger partial charge in [-0.15, -0.1) is 0 Å². The van der Waals surface area contributed by atoms with Crippen molar-refractivity contribution in [3.8, 4) is 28.2 Å². The molecule has 0 radical (unpaired) electrons. The van der Waals surface area contributed by atoms with Crippen LogP contribution in [0.2, 0.25) is 10.0 Å². The van der Waals surface area contributed by atoms with Crippen LogP contribution in [0.1, 0.15) is 25.1 Å². The van der Waals surface area contributed by atoms with Gasteiger partial charge in [0.2, 0.25) is 0 Å². The number of aromatic nitrogens is 2. The number of hydrogen-bond donors (Lipinski definition) is 1. The van der Waals surface area contributed by atoms with Crippen LogP contribution in [0, 0.1) is 6.92 Å². The highest BCUT2D eigenvalue weighted by Crippen LogP contribution is 2.37. The largest absolute Gasteiger partial charge is 0.612 e. The lowest BCUT2D eigenvalue weighted by atomic mass is 10.0. The molecule has 170 valence electrons. The zero-order chi connectivity index (χ0) is 23.9. The van der Waals surface area contributed by atoms with Crippen LogP contribution in [-0.2, 0) is 16.8 Å². The second-order valence-corrected chi connectivity index (χ2v) is 10.7. The molecule has 4 rings (SSSR count). The Labute approximate surface area is 207 Å². The van der Waals surface area contributed by atoms with Crippen LogP contribution in [0.15, 0.2) is 71.8 Å². The van der Waals surface area contributed by atoms with E-state index >= 15 is 0 Å². The molecule has 1 N–H and O–H groups in total. The van der Waals surface area contributed by atoms with E-state index in [0.29, 0.717) is 27.1 Å². The SMILES string of the molecule is Cc1cc(-c2ccc(-n3cc(C(C)(C)O)nc3-c3c(Cl)cccc3Cl)cc2)cc([S+](C)[O-])c1. The van der Waals surface area contributed by atoms with Gasteiger partial charge in [-0.1, -0.05) is 47.5 Å². The second kappa shape index (κ2) is 9.16. The maximum atomic E-state index is 12.0. The highest BCUT2D eigenvalue weighted by atomic mass is 35.5. The Morgan fingerprint density at radius 2 is 1.61 bits per heavy atom. The van der Waals surface area contributed by atoms with E-state index in [-0.39, 0.29) is 0 Å². The summed E-state index contributed by atoms with van der Waals surface area (Å²) in [6.07, 6.45) is 3.48. The number of aliphatic hydroxyl groups is 1. The van der Waals surface area contributed by atoms with Gasteiger partial charge in [0.15, 0.2) is 4.90 Å². The van der Waals surface area contributed by atoms with Gasteiger partial charge < -0.3 is 9.66 Å². The number of benzene rings is 3. The fraction of sp³-hybridized carbons (Fsp3) is 0.192. The Kier molecular flexibility index (Phi) is 6.63. The van der Waals surface area contributed by atoms with Crippen LogP contribution in [0.25, 0.3) is 28.2 Å². The lowest BCUT2D eigenvalue weighted by Gasteiger charge is -2.13. The monoisotopic (exact) mass is 498 g/mol. The van der Waals surface area contributed by atoms with Crippen molar-refractivity contribution in [2.24, 2.45) is 0 Å². The Hall–Kier alpha value is -2.28. The van der Waals surface area contributed by atoms with Crippen LogP contribution in [-0.4, -0.2) is 25.5 Å². The van der Waals surface area contributed by atoms with E-state index in [1.807, 2.05) is 47.9 Å². The van der Waals surface area contributed by atoms with Crippen LogP contribution in [0.3, 0.4) is 0 Å². The van der Waals surface area contributed by atoms with E-state index in [1.165, 1.54) is 0 Å². The average Bonchev–Trinajstić information content (AvgIpc) is 3.19. The summed E-state index contributed by atoms with van der Waals surface area (Å²) in [6, 6.07) is 19.3. The Balaban J connectivity index is 1.83. The first-order valence-electron chi connectivity index (χ1n) is 10.4. The number of rotatable bonds is 5. The van der Waals surface area contributed by atoms with Crippen LogP contribution >= 0.6 is 23.2 Å². The Morgan fingerprint density at radius 3 is 2.18 bits per heavy atom. The fourth-order valence-corrected chi connectivity index (χ4v) is 4.87. The second-order valence-electron chi connectivity index (χ2n) is 8.51. The minimum absolute atomic E-state index is 0.480. The third-order valence-electron chi connectivity index (χ3n) is 5.38. The van der Waals surface area contributed by atoms with Crippen molar-refractivity contribution in [2.75, 3.05) is 6.26 Å². The van der Waals surface area contributed by atoms with Gasteiger partial charge in [0.1, 0.15) is 17.7 Å². The number of hydrogen-bond acceptors (Lipinski definition) is 3. The summed E-state index contributed by atoms with van der Waals surface area (Å²) in [7, 11) is 0. The molecule has 4 nitrogen and oxygen atoms in total. The first-order chi connectivity index (χ1) is 15.5. The minimum Gasteiger partial charge on any atom is -0.612 e. The topological polar surface area (TPSA) is 61.1 Å². The fourth-order valence-electron chi connectivity index (χ4n) is 3.65. The van der Waals surface area contributed by atoms with Gasteiger partial charge in [0.05, 0.1) is 21.3 Å². The lowest BCUT2D eigenvalue weighted by Crippen LogP contribution is -2.15. The summed E-state index contributed by atoms with van der Waals surface area (Å²) in [5.41, 5.74) is 3.89. The quantitative estimate of drug-likeness (QED) is 0.308. The third kappa shape index (κ3) is 4.98. The van der Waals surface area contributed by atoms with E-state index in [2.05, 4.69) is 11.1 Å². The number of nitrogens with zero attached hydrogens (tertiary/aromatic N) is 2. The molecule has 33 heavy (non-hydrogen) atoms. The molecule has 0 saturated carbocycles. The zero-order valence-corrected chi connectivity index (χ0v) is 21.1. The molecular formula is C26H24Cl2N2O2S. The van der Waals surface area contributed by atoms with Gasteiger partial charge in [-0.05, 0) is 79.0 Å². The molecule has 3 aromatic carbocycles. The molecule has 1 heterocycles. The molecule has 0 spiro atoms. The number of aryl methyl sites for hydroxylation is 1. The van der Waals surface area contributed by atoms with E-state index in [0.717, 1.165) is 27.3 Å². The van der Waals surface area contributed by atoms with Crippen molar-refractivity contribution in [3.63, 3.8) is 0 Å². The van der Waals surface area contributed by atoms with Gasteiger partial charge >= 0.3 is 0 Å². The molecule has 1 unspecified atom stereocenters. The summed E-state index contributed by atoms with van der Waals surface area (Å²) in [5.74, 6) is 0.551. The van der Waals surface area contributed by atoms with Crippen molar-refractivity contribution in [1.82, 2.24) is 9.55 Å². The summed E-state index contributed by atoms with van der Waals surface area (Å²) in [4.78, 5) is 5.48. The molecule has 1 atom stereocenters. The maximum absolute atomic E-state index is 12.0. The van der Waals surface area contributed by atoms with Crippen molar-refractivity contribution >= 4 is 34.4 Å². The van der Waals surface area contributed by atoms with Crippen LogP contribution in [0.4, 0.5) is 0 Å². The predicted molar refractivity (Wildman–Crippen MR) is 137 cm³/mol. The van der Waals surface area contributed by atoms with E-state index < -0.39 is 16.8 Å². The summed E-state index contributed by atoms with van der Waals surface area (Å²) < 4.78 is 13.9. The lowest BCUT2D eigenvalue weighted by molar-refractivity contribution is 0.0743. The Bertz CT molecular complexity index is 1290. The van der Waals surface area contributed by atoms with Crippen molar-refractivity contribution in [3.05, 3.63) is 88.2 Å². The third-order valence-corrected chi connectivity index (χ3v) is 6.91. The summed E-state index contributed by atoms with van der Waals surface area (Å²) in [5, 5.41) is 11.5. The van der Waals surface area contributed by atoms with Gasteiger partial charge in [0, 0.05) is 18.0 Å². The summed E-state index contributed by atoms with van der Waals surface area (Å²) in [6.45, 7) is 5.37. The first-order valence-corrected chi connectivity index (χ1v) is 12.7. The molecule has 0 aliphatic rings. The molecule has 0 aliphatic carbocycles. The van der Waals surface area contributed by atoms with Crippen LogP contribution in [0.5, 0.6) is 0 Å². The van der Waals surface area contributed by atoms with E-state index in [9.17, 15) is 9.66 Å². The van der Waals surface area contributed by atoms with Gasteiger partial charge in [-0.25, -0.2) is 4.98 Å². The average molecular weight is 499 g/mol. The van der Waals surface area contributed by atoms with Crippen molar-refractivity contribution in [1.29, 1.82) is 0 Å². The molecule has 4 aromatic rings. The zero-order valence-electron chi connectivity index (χ0n) is 18.8. The van der Waals surface area contributed by atoms with Crippen LogP contribution < -0.4 is 0 Å². The van der Waals surface area contributed by atoms with E-state index in [4.69, 9.17) is 23.2 Å². The minimum atomic E-state index is -1.14. The van der Waals surface area contributed by atoms with E-state index in [1.54, 1.807) is 44.5 Å². The molecular weight excluding hydrogens is 475 g/mol.